The van der Waals surface area contributed by atoms with Crippen molar-refractivity contribution >= 4 is 10.0 Å². The Hall–Kier alpha value is -1.27. The summed E-state index contributed by atoms with van der Waals surface area (Å²) in [5, 5.41) is 0. The van der Waals surface area contributed by atoms with Crippen LogP contribution in [0.1, 0.15) is 24.8 Å². The molecule has 3 nitrogen and oxygen atoms in total. The minimum absolute atomic E-state index is 0.0493. The number of benzene rings is 1. The molecule has 0 N–H and O–H groups in total. The molecule has 0 amide bonds. The lowest BCUT2D eigenvalue weighted by Gasteiger charge is -2.31. The van der Waals surface area contributed by atoms with E-state index in [-0.39, 0.29) is 11.7 Å². The maximum absolute atomic E-state index is 13.6. The Bertz CT molecular complexity index is 631. The number of halogens is 2. The van der Waals surface area contributed by atoms with Crippen molar-refractivity contribution in [2.75, 3.05) is 18.8 Å². The van der Waals surface area contributed by atoms with Gasteiger partial charge in [-0.3, -0.25) is 0 Å². The molecular weight excluding hydrogens is 308 g/mol. The van der Waals surface area contributed by atoms with Gasteiger partial charge in [0, 0.05) is 19.2 Å². The summed E-state index contributed by atoms with van der Waals surface area (Å²) in [6, 6.07) is 3.59. The first-order valence-electron chi connectivity index (χ1n) is 7.45. The van der Waals surface area contributed by atoms with Gasteiger partial charge in [0.1, 0.15) is 11.6 Å². The number of aryl methyl sites for hydroxylation is 1. The first kappa shape index (κ1) is 17.1. The van der Waals surface area contributed by atoms with Gasteiger partial charge in [-0.05, 0) is 43.2 Å². The summed E-state index contributed by atoms with van der Waals surface area (Å²) in [7, 11) is -3.27. The summed E-state index contributed by atoms with van der Waals surface area (Å²) in [6.45, 7) is 4.48. The van der Waals surface area contributed by atoms with Crippen molar-refractivity contribution in [3.63, 3.8) is 0 Å². The van der Waals surface area contributed by atoms with Gasteiger partial charge in [-0.15, -0.1) is 6.58 Å². The van der Waals surface area contributed by atoms with Crippen LogP contribution in [0.5, 0.6) is 0 Å². The van der Waals surface area contributed by atoms with Crippen LogP contribution >= 0.6 is 0 Å². The van der Waals surface area contributed by atoms with Crippen LogP contribution in [0.15, 0.2) is 30.9 Å². The van der Waals surface area contributed by atoms with Crippen LogP contribution < -0.4 is 0 Å². The third kappa shape index (κ3) is 4.36. The summed E-state index contributed by atoms with van der Waals surface area (Å²) >= 11 is 0. The number of nitrogens with zero attached hydrogens (tertiary/aromatic N) is 1. The van der Waals surface area contributed by atoms with E-state index in [1.54, 1.807) is 0 Å². The van der Waals surface area contributed by atoms with Crippen molar-refractivity contribution in [3.8, 4) is 0 Å². The molecule has 6 heteroatoms. The molecule has 0 aromatic heterocycles. The normalized spacial score (nSPS) is 20.0. The highest BCUT2D eigenvalue weighted by Crippen LogP contribution is 2.24. The highest BCUT2D eigenvalue weighted by atomic mass is 32.2. The van der Waals surface area contributed by atoms with Gasteiger partial charge in [-0.25, -0.2) is 21.5 Å². The third-order valence-electron chi connectivity index (χ3n) is 4.04. The number of hydrogen-bond acceptors (Lipinski definition) is 2. The summed E-state index contributed by atoms with van der Waals surface area (Å²) in [5.41, 5.74) is 0.479. The van der Waals surface area contributed by atoms with Gasteiger partial charge in [0.25, 0.3) is 0 Å². The first-order valence-corrected chi connectivity index (χ1v) is 9.06. The van der Waals surface area contributed by atoms with Gasteiger partial charge in [0.05, 0.1) is 5.75 Å². The Labute approximate surface area is 130 Å². The summed E-state index contributed by atoms with van der Waals surface area (Å²) in [5.74, 6) is -0.961. The van der Waals surface area contributed by atoms with E-state index in [4.69, 9.17) is 0 Å². The molecule has 0 aliphatic carbocycles. The van der Waals surface area contributed by atoms with Crippen molar-refractivity contribution in [1.82, 2.24) is 4.31 Å². The Kier molecular flexibility index (Phi) is 5.69. The predicted molar refractivity (Wildman–Crippen MR) is 83.0 cm³/mol. The number of rotatable bonds is 6. The van der Waals surface area contributed by atoms with Crippen LogP contribution in [-0.2, 0) is 16.4 Å². The van der Waals surface area contributed by atoms with Crippen molar-refractivity contribution in [1.29, 1.82) is 0 Å². The van der Waals surface area contributed by atoms with Crippen molar-refractivity contribution in [2.45, 2.75) is 25.7 Å². The SMILES string of the molecule is C=CCS(=O)(=O)N1CCC[C@H](CCc2ccc(F)cc2F)C1. The van der Waals surface area contributed by atoms with Gasteiger partial charge < -0.3 is 0 Å². The van der Waals surface area contributed by atoms with Gasteiger partial charge in [-0.1, -0.05) is 12.1 Å². The minimum atomic E-state index is -3.27. The van der Waals surface area contributed by atoms with E-state index >= 15 is 0 Å². The fourth-order valence-corrected chi connectivity index (χ4v) is 4.21. The van der Waals surface area contributed by atoms with E-state index in [9.17, 15) is 17.2 Å². The molecule has 1 saturated heterocycles. The molecule has 1 atom stereocenters. The number of piperidine rings is 1. The molecule has 1 fully saturated rings. The molecule has 1 aliphatic rings. The molecule has 1 aromatic carbocycles. The minimum Gasteiger partial charge on any atom is -0.212 e. The molecule has 1 aromatic rings. The molecular formula is C16H21F2NO2S. The largest absolute Gasteiger partial charge is 0.217 e. The summed E-state index contributed by atoms with van der Waals surface area (Å²) in [6.07, 6.45) is 4.33. The molecule has 1 aliphatic heterocycles. The van der Waals surface area contributed by atoms with E-state index in [1.807, 2.05) is 0 Å². The zero-order valence-electron chi connectivity index (χ0n) is 12.5. The van der Waals surface area contributed by atoms with Gasteiger partial charge >= 0.3 is 0 Å². The van der Waals surface area contributed by atoms with Gasteiger partial charge in [-0.2, -0.15) is 0 Å². The molecule has 2 rings (SSSR count). The second kappa shape index (κ2) is 7.33. The lowest BCUT2D eigenvalue weighted by molar-refractivity contribution is 0.256. The average Bonchev–Trinajstić information content (AvgIpc) is 2.46. The quantitative estimate of drug-likeness (QED) is 0.752. The molecule has 0 radical (unpaired) electrons. The second-order valence-corrected chi connectivity index (χ2v) is 7.72. The van der Waals surface area contributed by atoms with Gasteiger partial charge in [0.2, 0.25) is 10.0 Å². The fraction of sp³-hybridized carbons (Fsp3) is 0.500. The van der Waals surface area contributed by atoms with Crippen LogP contribution in [0.25, 0.3) is 0 Å². The highest BCUT2D eigenvalue weighted by Gasteiger charge is 2.27. The standard InChI is InChI=1S/C16H21F2NO2S/c1-2-10-22(20,21)19-9-3-4-13(12-19)5-6-14-7-8-15(17)11-16(14)18/h2,7-8,11,13H,1,3-6,9-10,12H2/t13-/m1/s1. The summed E-state index contributed by atoms with van der Waals surface area (Å²) in [4.78, 5) is 0. The zero-order valence-corrected chi connectivity index (χ0v) is 13.3. The second-order valence-electron chi connectivity index (χ2n) is 5.71. The molecule has 122 valence electrons. The van der Waals surface area contributed by atoms with Gasteiger partial charge in [0.15, 0.2) is 0 Å². The Balaban J connectivity index is 1.94. The molecule has 0 spiro atoms. The lowest BCUT2D eigenvalue weighted by Crippen LogP contribution is -2.40. The average molecular weight is 329 g/mol. The molecule has 22 heavy (non-hydrogen) atoms. The van der Waals surface area contributed by atoms with E-state index in [0.717, 1.165) is 18.9 Å². The zero-order chi connectivity index (χ0) is 16.2. The maximum Gasteiger partial charge on any atom is 0.217 e. The Morgan fingerprint density at radius 3 is 2.82 bits per heavy atom. The lowest BCUT2D eigenvalue weighted by atomic mass is 9.92. The van der Waals surface area contributed by atoms with E-state index < -0.39 is 21.7 Å². The highest BCUT2D eigenvalue weighted by molar-refractivity contribution is 7.89. The Morgan fingerprint density at radius 2 is 2.14 bits per heavy atom. The van der Waals surface area contributed by atoms with Crippen LogP contribution in [0.4, 0.5) is 8.78 Å². The van der Waals surface area contributed by atoms with E-state index in [0.29, 0.717) is 31.5 Å². The van der Waals surface area contributed by atoms with Crippen LogP contribution in [0, 0.1) is 17.6 Å². The third-order valence-corrected chi connectivity index (χ3v) is 5.82. The van der Waals surface area contributed by atoms with Crippen LogP contribution in [0.2, 0.25) is 0 Å². The molecule has 0 bridgehead atoms. The monoisotopic (exact) mass is 329 g/mol. The fourth-order valence-electron chi connectivity index (χ4n) is 2.85. The van der Waals surface area contributed by atoms with Crippen molar-refractivity contribution < 1.29 is 17.2 Å². The first-order chi connectivity index (χ1) is 10.4. The summed E-state index contributed by atoms with van der Waals surface area (Å²) < 4.78 is 52.1. The number of sulfonamides is 1. The van der Waals surface area contributed by atoms with E-state index in [1.165, 1.54) is 22.5 Å². The van der Waals surface area contributed by atoms with Crippen LogP contribution in [0.3, 0.4) is 0 Å². The number of hydrogen-bond donors (Lipinski definition) is 0. The smallest absolute Gasteiger partial charge is 0.212 e. The molecule has 1 heterocycles. The Morgan fingerprint density at radius 1 is 1.36 bits per heavy atom. The van der Waals surface area contributed by atoms with E-state index in [2.05, 4.69) is 6.58 Å². The van der Waals surface area contributed by atoms with Crippen molar-refractivity contribution in [2.24, 2.45) is 5.92 Å². The topological polar surface area (TPSA) is 37.4 Å². The maximum atomic E-state index is 13.6. The molecule has 0 saturated carbocycles. The van der Waals surface area contributed by atoms with Crippen LogP contribution in [-0.4, -0.2) is 31.6 Å². The van der Waals surface area contributed by atoms with Crippen molar-refractivity contribution in [3.05, 3.63) is 48.1 Å². The predicted octanol–water partition coefficient (Wildman–Crippen LogP) is 3.13. The molecule has 0 unspecified atom stereocenters.